The molecule has 3 N–H and O–H groups in total. The molecule has 0 aromatic heterocycles. The van der Waals surface area contributed by atoms with Crippen LogP contribution in [0.4, 0.5) is 8.78 Å². The number of hydrogen-bond donors (Lipinski definition) is 2. The average Bonchev–Trinajstić information content (AvgIpc) is 3.23. The van der Waals surface area contributed by atoms with Crippen LogP contribution in [0.15, 0.2) is 57.9 Å². The Morgan fingerprint density at radius 3 is 2.20 bits per heavy atom. The number of carbonyl (C=O) groups is 1. The number of ether oxygens (including phenoxy) is 1. The second-order valence-corrected chi connectivity index (χ2v) is 14.7. The smallest absolute Gasteiger partial charge is 0.296 e. The lowest BCUT2D eigenvalue weighted by atomic mass is 9.72. The Morgan fingerprint density at radius 2 is 1.59 bits per heavy atom. The van der Waals surface area contributed by atoms with Gasteiger partial charge in [-0.1, -0.05) is 60.2 Å². The van der Waals surface area contributed by atoms with Crippen LogP contribution in [0.2, 0.25) is 0 Å². The molecule has 0 saturated heterocycles. The van der Waals surface area contributed by atoms with Crippen molar-refractivity contribution in [1.29, 1.82) is 0 Å². The van der Waals surface area contributed by atoms with Crippen LogP contribution in [0.1, 0.15) is 69.8 Å². The van der Waals surface area contributed by atoms with Gasteiger partial charge >= 0.3 is 0 Å². The van der Waals surface area contributed by atoms with Gasteiger partial charge < -0.3 is 10.5 Å². The number of alkyl halides is 2. The van der Waals surface area contributed by atoms with Gasteiger partial charge in [-0.15, -0.1) is 0 Å². The number of fused-ring (bicyclic) bond motifs is 2. The van der Waals surface area contributed by atoms with Crippen molar-refractivity contribution in [3.05, 3.63) is 58.6 Å². The van der Waals surface area contributed by atoms with E-state index >= 15 is 8.78 Å². The summed E-state index contributed by atoms with van der Waals surface area (Å²) in [5, 5.41) is 0. The van der Waals surface area contributed by atoms with Crippen LogP contribution in [0.3, 0.4) is 0 Å². The van der Waals surface area contributed by atoms with Gasteiger partial charge in [0.1, 0.15) is 11.8 Å². The number of sulfonamides is 1. The summed E-state index contributed by atoms with van der Waals surface area (Å²) in [5.74, 6) is -4.24. The molecule has 3 atom stereocenters. The maximum Gasteiger partial charge on any atom is 0.296 e. The van der Waals surface area contributed by atoms with Gasteiger partial charge in [0.25, 0.3) is 5.92 Å². The Morgan fingerprint density at radius 1 is 0.976 bits per heavy atom. The van der Waals surface area contributed by atoms with Gasteiger partial charge in [-0.25, -0.2) is 8.42 Å². The average molecular weight is 654 g/mol. The molecule has 41 heavy (non-hydrogen) atoms. The van der Waals surface area contributed by atoms with Gasteiger partial charge in [0.05, 0.1) is 11.5 Å². The number of Topliss-reactive ketones (excluding diaryl/α,β-unsaturated/α-hetero) is 1. The van der Waals surface area contributed by atoms with Gasteiger partial charge in [-0.05, 0) is 86.3 Å². The first kappa shape index (κ1) is 30.6. The molecule has 2 aromatic rings. The molecule has 0 aliphatic heterocycles. The standard InChI is InChI=1S/C31H39BrF2N2O4S/c32-24-10-8-23(9-11-24)31(33,34)30(29(37)28-21-6-7-22(28)19-25(35)18-21)36-41(38,39)27-14-12-26(13-15-27)40-17-16-20-4-2-1-3-5-20/h8-15,20-22,25,28,30,36H,1-7,16-19,35H2/t21?,22?,25?,28?,30-/m1/s1. The molecule has 3 aliphatic rings. The highest BCUT2D eigenvalue weighted by Crippen LogP contribution is 2.49. The van der Waals surface area contributed by atoms with E-state index in [2.05, 4.69) is 20.7 Å². The van der Waals surface area contributed by atoms with Gasteiger partial charge in [0.15, 0.2) is 5.78 Å². The summed E-state index contributed by atoms with van der Waals surface area (Å²) >= 11 is 3.25. The summed E-state index contributed by atoms with van der Waals surface area (Å²) in [6.45, 7) is 0.540. The van der Waals surface area contributed by atoms with E-state index in [-0.39, 0.29) is 22.8 Å². The van der Waals surface area contributed by atoms with E-state index in [1.54, 1.807) is 0 Å². The molecule has 224 valence electrons. The van der Waals surface area contributed by atoms with Gasteiger partial charge in [-0.3, -0.25) is 4.79 Å². The van der Waals surface area contributed by atoms with E-state index in [1.165, 1.54) is 80.6 Å². The number of nitrogens with two attached hydrogens (primary N) is 1. The number of ketones is 1. The van der Waals surface area contributed by atoms with Crippen molar-refractivity contribution in [2.24, 2.45) is 29.4 Å². The molecule has 0 radical (unpaired) electrons. The van der Waals surface area contributed by atoms with Crippen LogP contribution in [-0.4, -0.2) is 32.9 Å². The van der Waals surface area contributed by atoms with E-state index < -0.39 is 39.3 Å². The normalized spacial score (nSPS) is 26.0. The van der Waals surface area contributed by atoms with E-state index in [1.807, 2.05) is 0 Å². The van der Waals surface area contributed by atoms with Crippen molar-refractivity contribution in [2.75, 3.05) is 6.61 Å². The molecule has 2 aromatic carbocycles. The number of carbonyl (C=O) groups excluding carboxylic acids is 1. The third kappa shape index (κ3) is 7.03. The molecule has 6 nitrogen and oxygen atoms in total. The lowest BCUT2D eigenvalue weighted by Gasteiger charge is -2.36. The predicted molar refractivity (Wildman–Crippen MR) is 157 cm³/mol. The van der Waals surface area contributed by atoms with Crippen LogP contribution in [0.25, 0.3) is 0 Å². The van der Waals surface area contributed by atoms with Gasteiger partial charge in [0.2, 0.25) is 10.0 Å². The molecule has 2 unspecified atom stereocenters. The topological polar surface area (TPSA) is 98.5 Å². The zero-order chi connectivity index (χ0) is 29.2. The minimum absolute atomic E-state index is 0.0675. The van der Waals surface area contributed by atoms with Gasteiger partial charge in [0, 0.05) is 22.0 Å². The second kappa shape index (κ2) is 12.8. The van der Waals surface area contributed by atoms with Crippen LogP contribution < -0.4 is 15.2 Å². The molecule has 0 heterocycles. The first-order valence-corrected chi connectivity index (χ1v) is 17.0. The quantitative estimate of drug-likeness (QED) is 0.286. The minimum Gasteiger partial charge on any atom is -0.494 e. The Balaban J connectivity index is 1.35. The summed E-state index contributed by atoms with van der Waals surface area (Å²) < 4.78 is 67.7. The van der Waals surface area contributed by atoms with E-state index in [0.29, 0.717) is 35.6 Å². The summed E-state index contributed by atoms with van der Waals surface area (Å²) in [5.41, 5.74) is 5.73. The summed E-state index contributed by atoms with van der Waals surface area (Å²) in [6.07, 6.45) is 9.81. The molecule has 2 bridgehead atoms. The van der Waals surface area contributed by atoms with Crippen molar-refractivity contribution < 1.29 is 26.7 Å². The SMILES string of the molecule is NC1CC2CCC(C1)C2C(=O)[C@@H](NS(=O)(=O)c1ccc(OCCC2CCCCC2)cc1)C(F)(F)c1ccc(Br)cc1. The van der Waals surface area contributed by atoms with Crippen molar-refractivity contribution in [1.82, 2.24) is 4.72 Å². The molecule has 5 rings (SSSR count). The molecule has 3 fully saturated rings. The number of halogens is 3. The highest BCUT2D eigenvalue weighted by Gasteiger charge is 2.54. The van der Waals surface area contributed by atoms with E-state index in [9.17, 15) is 13.2 Å². The maximum atomic E-state index is 16.1. The Labute approximate surface area is 250 Å². The molecule has 0 spiro atoms. The van der Waals surface area contributed by atoms with Crippen molar-refractivity contribution in [3.8, 4) is 5.75 Å². The van der Waals surface area contributed by atoms with E-state index in [4.69, 9.17) is 10.5 Å². The summed E-state index contributed by atoms with van der Waals surface area (Å²) in [7, 11) is -4.46. The van der Waals surface area contributed by atoms with Crippen molar-refractivity contribution in [3.63, 3.8) is 0 Å². The molecule has 0 amide bonds. The molecular formula is C31H39BrF2N2O4S. The number of rotatable bonds is 11. The molecular weight excluding hydrogens is 614 g/mol. The van der Waals surface area contributed by atoms with Crippen LogP contribution in [-0.2, 0) is 20.7 Å². The first-order chi connectivity index (χ1) is 19.5. The zero-order valence-corrected chi connectivity index (χ0v) is 25.5. The highest BCUT2D eigenvalue weighted by molar-refractivity contribution is 9.10. The van der Waals surface area contributed by atoms with Crippen molar-refractivity contribution in [2.45, 2.75) is 87.1 Å². The fourth-order valence-corrected chi connectivity index (χ4v) is 8.61. The summed E-state index contributed by atoms with van der Waals surface area (Å²) in [4.78, 5) is 13.7. The minimum atomic E-state index is -4.46. The molecule has 10 heteroatoms. The lowest BCUT2D eigenvalue weighted by Crippen LogP contribution is -2.55. The Kier molecular flexibility index (Phi) is 9.53. The molecule has 3 saturated carbocycles. The first-order valence-electron chi connectivity index (χ1n) is 14.7. The summed E-state index contributed by atoms with van der Waals surface area (Å²) in [6, 6.07) is 8.74. The Hall–Kier alpha value is -1.88. The number of hydrogen-bond acceptors (Lipinski definition) is 5. The van der Waals surface area contributed by atoms with Gasteiger partial charge in [-0.2, -0.15) is 13.5 Å². The third-order valence-corrected chi connectivity index (χ3v) is 11.2. The largest absolute Gasteiger partial charge is 0.494 e. The van der Waals surface area contributed by atoms with Crippen LogP contribution in [0.5, 0.6) is 5.75 Å². The fourth-order valence-electron chi connectivity index (χ4n) is 7.14. The second-order valence-electron chi connectivity index (χ2n) is 12.1. The number of benzene rings is 2. The van der Waals surface area contributed by atoms with E-state index in [0.717, 1.165) is 19.3 Å². The maximum absolute atomic E-state index is 16.1. The number of nitrogens with one attached hydrogen (secondary N) is 1. The molecule has 3 aliphatic carbocycles. The Bertz CT molecular complexity index is 1290. The fraction of sp³-hybridized carbons (Fsp3) is 0.581. The third-order valence-electron chi connectivity index (χ3n) is 9.27. The predicted octanol–water partition coefficient (Wildman–Crippen LogP) is 6.57. The van der Waals surface area contributed by atoms with Crippen LogP contribution >= 0.6 is 15.9 Å². The zero-order valence-electron chi connectivity index (χ0n) is 23.1. The van der Waals surface area contributed by atoms with Crippen LogP contribution in [0, 0.1) is 23.7 Å². The highest BCUT2D eigenvalue weighted by atomic mass is 79.9. The monoisotopic (exact) mass is 652 g/mol. The lowest BCUT2D eigenvalue weighted by molar-refractivity contribution is -0.139. The van der Waals surface area contributed by atoms with Crippen molar-refractivity contribution >= 4 is 31.7 Å².